The molecule has 2 rings (SSSR count). The maximum Gasteiger partial charge on any atom is 0.224 e. The van der Waals surface area contributed by atoms with Gasteiger partial charge in [0.25, 0.3) is 0 Å². The Bertz CT molecular complexity index is 426. The zero-order valence-electron chi connectivity index (χ0n) is 11.0. The third-order valence-electron chi connectivity index (χ3n) is 3.31. The molecule has 1 aromatic carbocycles. The number of methoxy groups -OCH3 is 1. The number of amides is 1. The van der Waals surface area contributed by atoms with Crippen LogP contribution < -0.4 is 10.6 Å². The fourth-order valence-corrected chi connectivity index (χ4v) is 2.38. The zero-order valence-corrected chi connectivity index (χ0v) is 11.0. The van der Waals surface area contributed by atoms with Gasteiger partial charge in [0.15, 0.2) is 0 Å². The van der Waals surface area contributed by atoms with Crippen LogP contribution in [0.2, 0.25) is 0 Å². The quantitative estimate of drug-likeness (QED) is 0.830. The number of rotatable bonds is 5. The first-order valence-electron chi connectivity index (χ1n) is 6.30. The van der Waals surface area contributed by atoms with Crippen molar-refractivity contribution in [2.75, 3.05) is 32.6 Å². The van der Waals surface area contributed by atoms with Crippen LogP contribution in [0.1, 0.15) is 23.5 Å². The monoisotopic (exact) mass is 248 g/mol. The van der Waals surface area contributed by atoms with Crippen LogP contribution in [0.3, 0.4) is 0 Å². The predicted octanol–water partition coefficient (Wildman–Crippen LogP) is 1.52. The molecule has 0 saturated carbocycles. The Kier molecular flexibility index (Phi) is 4.33. The van der Waals surface area contributed by atoms with Gasteiger partial charge in [-0.3, -0.25) is 4.79 Å². The van der Waals surface area contributed by atoms with E-state index in [1.165, 1.54) is 11.1 Å². The van der Waals surface area contributed by atoms with Gasteiger partial charge in [-0.25, -0.2) is 0 Å². The third-order valence-corrected chi connectivity index (χ3v) is 3.31. The van der Waals surface area contributed by atoms with Gasteiger partial charge in [0.05, 0.1) is 6.61 Å². The SMILES string of the molecule is CNCC(COC)c1ccc2c(c1)CCC(=O)N2. The van der Waals surface area contributed by atoms with E-state index in [9.17, 15) is 4.79 Å². The molecule has 0 saturated heterocycles. The van der Waals surface area contributed by atoms with Gasteiger partial charge >= 0.3 is 0 Å². The fraction of sp³-hybridized carbons (Fsp3) is 0.500. The summed E-state index contributed by atoms with van der Waals surface area (Å²) in [5, 5.41) is 6.09. The first-order chi connectivity index (χ1) is 8.74. The largest absolute Gasteiger partial charge is 0.384 e. The van der Waals surface area contributed by atoms with Crippen molar-refractivity contribution in [2.24, 2.45) is 0 Å². The van der Waals surface area contributed by atoms with Crippen LogP contribution in [0, 0.1) is 0 Å². The van der Waals surface area contributed by atoms with Crippen molar-refractivity contribution in [3.8, 4) is 0 Å². The van der Waals surface area contributed by atoms with Gasteiger partial charge in [-0.1, -0.05) is 12.1 Å². The number of hydrogen-bond donors (Lipinski definition) is 2. The Balaban J connectivity index is 2.21. The van der Waals surface area contributed by atoms with Crippen molar-refractivity contribution in [3.63, 3.8) is 0 Å². The molecule has 0 radical (unpaired) electrons. The number of carbonyl (C=O) groups excluding carboxylic acids is 1. The summed E-state index contributed by atoms with van der Waals surface area (Å²) in [7, 11) is 3.67. The van der Waals surface area contributed by atoms with Crippen LogP contribution in [0.15, 0.2) is 18.2 Å². The summed E-state index contributed by atoms with van der Waals surface area (Å²) < 4.78 is 5.26. The lowest BCUT2D eigenvalue weighted by atomic mass is 9.94. The summed E-state index contributed by atoms with van der Waals surface area (Å²) >= 11 is 0. The van der Waals surface area contributed by atoms with E-state index in [0.29, 0.717) is 18.9 Å². The van der Waals surface area contributed by atoms with Crippen LogP contribution in [0.5, 0.6) is 0 Å². The molecule has 1 aliphatic heterocycles. The summed E-state index contributed by atoms with van der Waals surface area (Å²) in [6, 6.07) is 6.27. The van der Waals surface area contributed by atoms with Gasteiger partial charge in [-0.15, -0.1) is 0 Å². The van der Waals surface area contributed by atoms with Crippen LogP contribution in [-0.4, -0.2) is 33.2 Å². The molecule has 1 unspecified atom stereocenters. The Morgan fingerprint density at radius 3 is 3.00 bits per heavy atom. The van der Waals surface area contributed by atoms with Crippen molar-refractivity contribution >= 4 is 11.6 Å². The number of nitrogens with one attached hydrogen (secondary N) is 2. The maximum atomic E-state index is 11.3. The van der Waals surface area contributed by atoms with Crippen molar-refractivity contribution in [1.29, 1.82) is 0 Å². The Hall–Kier alpha value is -1.39. The van der Waals surface area contributed by atoms with E-state index >= 15 is 0 Å². The number of anilines is 1. The highest BCUT2D eigenvalue weighted by atomic mass is 16.5. The Morgan fingerprint density at radius 1 is 1.44 bits per heavy atom. The van der Waals surface area contributed by atoms with Gasteiger partial charge in [0.1, 0.15) is 0 Å². The standard InChI is InChI=1S/C14H20N2O2/c1-15-8-12(9-18-2)10-3-5-13-11(7-10)4-6-14(17)16-13/h3,5,7,12,15H,4,6,8-9H2,1-2H3,(H,16,17). The minimum atomic E-state index is 0.110. The molecule has 4 heteroatoms. The van der Waals surface area contributed by atoms with E-state index < -0.39 is 0 Å². The number of hydrogen-bond acceptors (Lipinski definition) is 3. The lowest BCUT2D eigenvalue weighted by molar-refractivity contribution is -0.116. The van der Waals surface area contributed by atoms with Crippen molar-refractivity contribution in [3.05, 3.63) is 29.3 Å². The lowest BCUT2D eigenvalue weighted by Crippen LogP contribution is -2.22. The summed E-state index contributed by atoms with van der Waals surface area (Å²) in [5.74, 6) is 0.460. The molecule has 0 bridgehead atoms. The molecule has 0 fully saturated rings. The first-order valence-corrected chi connectivity index (χ1v) is 6.30. The highest BCUT2D eigenvalue weighted by Crippen LogP contribution is 2.26. The topological polar surface area (TPSA) is 50.4 Å². The van der Waals surface area contributed by atoms with Crippen LogP contribution in [0.4, 0.5) is 5.69 Å². The number of aryl methyl sites for hydroxylation is 1. The number of ether oxygens (including phenoxy) is 1. The van der Waals surface area contributed by atoms with Crippen molar-refractivity contribution < 1.29 is 9.53 Å². The molecule has 2 N–H and O–H groups in total. The van der Waals surface area contributed by atoms with Gasteiger partial charge < -0.3 is 15.4 Å². The molecule has 4 nitrogen and oxygen atoms in total. The fourth-order valence-electron chi connectivity index (χ4n) is 2.38. The Morgan fingerprint density at radius 2 is 2.28 bits per heavy atom. The first kappa shape index (κ1) is 13.1. The second-order valence-corrected chi connectivity index (χ2v) is 4.67. The number of fused-ring (bicyclic) bond motifs is 1. The highest BCUT2D eigenvalue weighted by Gasteiger charge is 2.17. The second kappa shape index (κ2) is 5.98. The average molecular weight is 248 g/mol. The van der Waals surface area contributed by atoms with Crippen LogP contribution in [-0.2, 0) is 16.0 Å². The molecule has 1 atom stereocenters. The molecule has 98 valence electrons. The molecular formula is C14H20N2O2. The van der Waals surface area contributed by atoms with E-state index in [1.54, 1.807) is 7.11 Å². The van der Waals surface area contributed by atoms with E-state index in [1.807, 2.05) is 13.1 Å². The highest BCUT2D eigenvalue weighted by molar-refractivity contribution is 5.93. The summed E-state index contributed by atoms with van der Waals surface area (Å²) in [6.07, 6.45) is 1.41. The predicted molar refractivity (Wildman–Crippen MR) is 71.9 cm³/mol. The van der Waals surface area contributed by atoms with Gasteiger partial charge in [0, 0.05) is 31.7 Å². The minimum absolute atomic E-state index is 0.110. The van der Waals surface area contributed by atoms with Crippen LogP contribution in [0.25, 0.3) is 0 Å². The maximum absolute atomic E-state index is 11.3. The molecule has 0 aliphatic carbocycles. The minimum Gasteiger partial charge on any atom is -0.384 e. The average Bonchev–Trinajstić information content (AvgIpc) is 2.38. The molecule has 0 spiro atoms. The number of likely N-dealkylation sites (N-methyl/N-ethyl adjacent to an activating group) is 1. The normalized spacial score (nSPS) is 16.0. The van der Waals surface area contributed by atoms with Crippen molar-refractivity contribution in [2.45, 2.75) is 18.8 Å². The molecule has 1 amide bonds. The molecule has 1 aromatic rings. The summed E-state index contributed by atoms with van der Waals surface area (Å²) in [4.78, 5) is 11.3. The zero-order chi connectivity index (χ0) is 13.0. The third kappa shape index (κ3) is 2.89. The van der Waals surface area contributed by atoms with Crippen molar-refractivity contribution in [1.82, 2.24) is 5.32 Å². The molecule has 18 heavy (non-hydrogen) atoms. The van der Waals surface area contributed by atoms with Crippen LogP contribution >= 0.6 is 0 Å². The molecular weight excluding hydrogens is 228 g/mol. The summed E-state index contributed by atoms with van der Waals surface area (Å²) in [5.41, 5.74) is 3.45. The molecule has 1 heterocycles. The van der Waals surface area contributed by atoms with E-state index in [0.717, 1.165) is 18.7 Å². The van der Waals surface area contributed by atoms with Gasteiger partial charge in [-0.2, -0.15) is 0 Å². The molecule has 1 aliphatic rings. The Labute approximate surface area is 108 Å². The lowest BCUT2D eigenvalue weighted by Gasteiger charge is -2.21. The van der Waals surface area contributed by atoms with Gasteiger partial charge in [-0.05, 0) is 30.7 Å². The number of benzene rings is 1. The van der Waals surface area contributed by atoms with E-state index in [4.69, 9.17) is 4.74 Å². The summed E-state index contributed by atoms with van der Waals surface area (Å²) in [6.45, 7) is 1.59. The van der Waals surface area contributed by atoms with Gasteiger partial charge in [0.2, 0.25) is 5.91 Å². The van der Waals surface area contributed by atoms with E-state index in [2.05, 4.69) is 22.8 Å². The van der Waals surface area contributed by atoms with E-state index in [-0.39, 0.29) is 5.91 Å². The molecule has 0 aromatic heterocycles. The second-order valence-electron chi connectivity index (χ2n) is 4.67. The number of carbonyl (C=O) groups is 1. The smallest absolute Gasteiger partial charge is 0.224 e.